The van der Waals surface area contributed by atoms with Gasteiger partial charge in [0, 0.05) is 11.6 Å². The van der Waals surface area contributed by atoms with Gasteiger partial charge in [0.15, 0.2) is 4.80 Å². The molecule has 0 unspecified atom stereocenters. The number of hydrogen-bond donors (Lipinski definition) is 0. The Morgan fingerprint density at radius 3 is 2.79 bits per heavy atom. The van der Waals surface area contributed by atoms with Gasteiger partial charge in [-0.2, -0.15) is 4.99 Å². The third kappa shape index (κ3) is 3.29. The molecule has 0 aliphatic carbocycles. The van der Waals surface area contributed by atoms with E-state index in [9.17, 15) is 9.18 Å². The van der Waals surface area contributed by atoms with Crippen LogP contribution in [0.25, 0.3) is 10.2 Å². The molecular formula is C17H11Cl2FN2OS. The number of rotatable bonds is 3. The molecule has 2 aromatic carbocycles. The molecule has 3 rings (SSSR count). The number of fused-ring (bicyclic) bond motifs is 1. The summed E-state index contributed by atoms with van der Waals surface area (Å²) in [6.45, 7) is 4.22. The van der Waals surface area contributed by atoms with E-state index >= 15 is 0 Å². The first-order chi connectivity index (χ1) is 11.5. The van der Waals surface area contributed by atoms with E-state index in [1.54, 1.807) is 12.1 Å². The minimum atomic E-state index is -0.532. The molecule has 0 saturated carbocycles. The molecule has 122 valence electrons. The lowest BCUT2D eigenvalue weighted by molar-refractivity contribution is 0.0998. The summed E-state index contributed by atoms with van der Waals surface area (Å²) in [5.41, 5.74) is 1.06. The molecule has 0 N–H and O–H groups in total. The Morgan fingerprint density at radius 2 is 2.08 bits per heavy atom. The predicted octanol–water partition coefficient (Wildman–Crippen LogP) is 5.08. The fourth-order valence-electron chi connectivity index (χ4n) is 2.25. The molecule has 3 nitrogen and oxygen atoms in total. The molecule has 1 heterocycles. The van der Waals surface area contributed by atoms with Gasteiger partial charge in [-0.1, -0.05) is 40.6 Å². The fraction of sp³-hybridized carbons (Fsp3) is 0.0588. The molecule has 0 fully saturated rings. The number of nitrogens with zero attached hydrogens (tertiary/aromatic N) is 2. The summed E-state index contributed by atoms with van der Waals surface area (Å²) in [5, 5.41) is 0.636. The minimum Gasteiger partial charge on any atom is -0.312 e. The van der Waals surface area contributed by atoms with E-state index in [0.717, 1.165) is 16.3 Å². The predicted molar refractivity (Wildman–Crippen MR) is 96.3 cm³/mol. The number of amides is 1. The van der Waals surface area contributed by atoms with Gasteiger partial charge in [0.05, 0.1) is 20.8 Å². The molecular weight excluding hydrogens is 370 g/mol. The van der Waals surface area contributed by atoms with Gasteiger partial charge in [-0.15, -0.1) is 6.58 Å². The maximum atomic E-state index is 13.1. The monoisotopic (exact) mass is 380 g/mol. The lowest BCUT2D eigenvalue weighted by atomic mass is 10.2. The van der Waals surface area contributed by atoms with Crippen LogP contribution in [-0.2, 0) is 6.54 Å². The Morgan fingerprint density at radius 1 is 1.29 bits per heavy atom. The van der Waals surface area contributed by atoms with Gasteiger partial charge in [-0.05, 0) is 36.4 Å². The van der Waals surface area contributed by atoms with Crippen molar-refractivity contribution in [3.63, 3.8) is 0 Å². The highest BCUT2D eigenvalue weighted by molar-refractivity contribution is 7.16. The Bertz CT molecular complexity index is 1020. The number of benzene rings is 2. The first kappa shape index (κ1) is 16.9. The van der Waals surface area contributed by atoms with Gasteiger partial charge in [0.2, 0.25) is 0 Å². The lowest BCUT2D eigenvalue weighted by Crippen LogP contribution is -2.16. The van der Waals surface area contributed by atoms with Crippen molar-refractivity contribution in [2.24, 2.45) is 4.99 Å². The summed E-state index contributed by atoms with van der Waals surface area (Å²) in [4.78, 5) is 17.1. The van der Waals surface area contributed by atoms with Crippen molar-refractivity contribution < 1.29 is 9.18 Å². The van der Waals surface area contributed by atoms with E-state index in [1.165, 1.54) is 23.5 Å². The molecule has 3 aromatic rings. The Hall–Kier alpha value is -1.95. The second-order valence-electron chi connectivity index (χ2n) is 4.94. The molecule has 0 saturated heterocycles. The van der Waals surface area contributed by atoms with Gasteiger partial charge in [-0.3, -0.25) is 4.79 Å². The summed E-state index contributed by atoms with van der Waals surface area (Å²) in [6, 6.07) is 9.05. The third-order valence-corrected chi connectivity index (χ3v) is 4.90. The van der Waals surface area contributed by atoms with Gasteiger partial charge < -0.3 is 4.57 Å². The average molecular weight is 381 g/mol. The highest BCUT2D eigenvalue weighted by atomic mass is 35.5. The summed E-state index contributed by atoms with van der Waals surface area (Å²) in [6.07, 6.45) is 1.72. The molecule has 0 aliphatic heterocycles. The average Bonchev–Trinajstić information content (AvgIpc) is 2.84. The molecule has 0 aliphatic rings. The van der Waals surface area contributed by atoms with Crippen molar-refractivity contribution in [3.05, 3.63) is 75.3 Å². The number of carbonyl (C=O) groups excluding carboxylic acids is 1. The smallest absolute Gasteiger partial charge is 0.281 e. The van der Waals surface area contributed by atoms with Gasteiger partial charge in [-0.25, -0.2) is 4.39 Å². The van der Waals surface area contributed by atoms with Crippen LogP contribution >= 0.6 is 34.5 Å². The van der Waals surface area contributed by atoms with Gasteiger partial charge in [0.25, 0.3) is 5.91 Å². The molecule has 1 aromatic heterocycles. The van der Waals surface area contributed by atoms with Crippen LogP contribution in [0.3, 0.4) is 0 Å². The second-order valence-corrected chi connectivity index (χ2v) is 6.79. The first-order valence-corrected chi connectivity index (χ1v) is 8.50. The molecule has 0 spiro atoms. The highest BCUT2D eigenvalue weighted by Gasteiger charge is 2.12. The zero-order chi connectivity index (χ0) is 17.3. The number of carbonyl (C=O) groups is 1. The minimum absolute atomic E-state index is 0.0307. The summed E-state index contributed by atoms with van der Waals surface area (Å²) in [5.74, 6) is -1.04. The van der Waals surface area contributed by atoms with E-state index in [-0.39, 0.29) is 10.6 Å². The van der Waals surface area contributed by atoms with E-state index < -0.39 is 11.7 Å². The number of hydrogen-bond acceptors (Lipinski definition) is 2. The van der Waals surface area contributed by atoms with Crippen LogP contribution in [-0.4, -0.2) is 10.5 Å². The molecule has 24 heavy (non-hydrogen) atoms. The van der Waals surface area contributed by atoms with Crippen LogP contribution in [0.15, 0.2) is 54.0 Å². The van der Waals surface area contributed by atoms with Crippen molar-refractivity contribution in [3.8, 4) is 0 Å². The van der Waals surface area contributed by atoms with Crippen molar-refractivity contribution in [1.82, 2.24) is 4.57 Å². The maximum Gasteiger partial charge on any atom is 0.281 e. The molecule has 0 radical (unpaired) electrons. The number of allylic oxidation sites excluding steroid dienone is 1. The zero-order valence-electron chi connectivity index (χ0n) is 12.3. The van der Waals surface area contributed by atoms with Gasteiger partial charge in [0.1, 0.15) is 5.82 Å². The van der Waals surface area contributed by atoms with Crippen LogP contribution in [0.4, 0.5) is 4.39 Å². The van der Waals surface area contributed by atoms with Crippen LogP contribution in [0.5, 0.6) is 0 Å². The number of thiazole rings is 1. The number of aromatic nitrogens is 1. The van der Waals surface area contributed by atoms with Crippen LogP contribution in [0.1, 0.15) is 10.4 Å². The summed E-state index contributed by atoms with van der Waals surface area (Å²) >= 11 is 13.3. The van der Waals surface area contributed by atoms with Crippen molar-refractivity contribution in [2.45, 2.75) is 6.54 Å². The largest absolute Gasteiger partial charge is 0.312 e. The Kier molecular flexibility index (Phi) is 4.85. The molecule has 7 heteroatoms. The fourth-order valence-corrected chi connectivity index (χ4v) is 3.81. The number of halogens is 3. The Balaban J connectivity index is 2.16. The van der Waals surface area contributed by atoms with Crippen molar-refractivity contribution in [1.29, 1.82) is 0 Å². The molecule has 0 atom stereocenters. The second kappa shape index (κ2) is 6.89. The summed E-state index contributed by atoms with van der Waals surface area (Å²) in [7, 11) is 0. The normalized spacial score (nSPS) is 11.9. The summed E-state index contributed by atoms with van der Waals surface area (Å²) < 4.78 is 15.9. The van der Waals surface area contributed by atoms with Crippen LogP contribution < -0.4 is 4.80 Å². The van der Waals surface area contributed by atoms with Crippen LogP contribution in [0.2, 0.25) is 10.0 Å². The van der Waals surface area contributed by atoms with E-state index in [4.69, 9.17) is 23.2 Å². The Labute approximate surface area is 151 Å². The lowest BCUT2D eigenvalue weighted by Gasteiger charge is -2.02. The quantitative estimate of drug-likeness (QED) is 0.583. The highest BCUT2D eigenvalue weighted by Crippen LogP contribution is 2.22. The standard InChI is InChI=1S/C17H11Cl2FN2OS/c1-2-7-22-14-6-3-10(18)8-15(14)24-17(22)21-16(23)12-5-4-11(20)9-13(12)19/h2-6,8-9H,1,7H2. The van der Waals surface area contributed by atoms with Gasteiger partial charge >= 0.3 is 0 Å². The van der Waals surface area contributed by atoms with Crippen LogP contribution in [0, 0.1) is 5.82 Å². The first-order valence-electron chi connectivity index (χ1n) is 6.93. The topological polar surface area (TPSA) is 34.4 Å². The van der Waals surface area contributed by atoms with E-state index in [1.807, 2.05) is 16.7 Å². The zero-order valence-corrected chi connectivity index (χ0v) is 14.6. The van der Waals surface area contributed by atoms with E-state index in [2.05, 4.69) is 11.6 Å². The molecule has 1 amide bonds. The SMILES string of the molecule is C=CCn1c(=NC(=O)c2ccc(F)cc2Cl)sc2cc(Cl)ccc21. The van der Waals surface area contributed by atoms with Crippen molar-refractivity contribution >= 4 is 50.7 Å². The third-order valence-electron chi connectivity index (χ3n) is 3.32. The maximum absolute atomic E-state index is 13.1. The van der Waals surface area contributed by atoms with E-state index in [0.29, 0.717) is 16.4 Å². The van der Waals surface area contributed by atoms with Crippen molar-refractivity contribution in [2.75, 3.05) is 0 Å². The molecule has 0 bridgehead atoms.